The Morgan fingerprint density at radius 3 is 2.79 bits per heavy atom. The summed E-state index contributed by atoms with van der Waals surface area (Å²) in [6.07, 6.45) is 4.50. The molecule has 2 N–H and O–H groups in total. The number of halogens is 1. The van der Waals surface area contributed by atoms with E-state index in [9.17, 15) is 0 Å². The first-order valence-corrected chi connectivity index (χ1v) is 7.25. The SMILES string of the molecule is CCc1cnc(C(C)Nc2nc(NC)ncc2Cl)s1. The van der Waals surface area contributed by atoms with Gasteiger partial charge in [-0.2, -0.15) is 4.98 Å². The Kier molecular flexibility index (Phi) is 4.55. The highest BCUT2D eigenvalue weighted by Crippen LogP contribution is 2.27. The zero-order valence-corrected chi connectivity index (χ0v) is 12.6. The molecule has 2 aromatic rings. The number of thiazole rings is 1. The van der Waals surface area contributed by atoms with Crippen LogP contribution in [-0.4, -0.2) is 22.0 Å². The van der Waals surface area contributed by atoms with Crippen LogP contribution in [0.1, 0.15) is 29.8 Å². The predicted molar refractivity (Wildman–Crippen MR) is 80.1 cm³/mol. The number of nitrogens with one attached hydrogen (secondary N) is 2. The molecule has 0 aliphatic rings. The van der Waals surface area contributed by atoms with Gasteiger partial charge in [0.1, 0.15) is 10.0 Å². The lowest BCUT2D eigenvalue weighted by atomic mass is 10.3. The Hall–Kier alpha value is -1.40. The fourth-order valence-corrected chi connectivity index (χ4v) is 2.55. The van der Waals surface area contributed by atoms with E-state index in [1.807, 2.05) is 13.1 Å². The maximum Gasteiger partial charge on any atom is 0.224 e. The van der Waals surface area contributed by atoms with Crippen LogP contribution in [-0.2, 0) is 6.42 Å². The molecule has 5 nitrogen and oxygen atoms in total. The Morgan fingerprint density at radius 1 is 1.37 bits per heavy atom. The summed E-state index contributed by atoms with van der Waals surface area (Å²) in [6.45, 7) is 4.16. The topological polar surface area (TPSA) is 62.7 Å². The van der Waals surface area contributed by atoms with Crippen molar-refractivity contribution >= 4 is 34.7 Å². The monoisotopic (exact) mass is 297 g/mol. The van der Waals surface area contributed by atoms with Crippen LogP contribution >= 0.6 is 22.9 Å². The molecule has 0 aliphatic heterocycles. The quantitative estimate of drug-likeness (QED) is 0.886. The van der Waals surface area contributed by atoms with E-state index < -0.39 is 0 Å². The standard InChI is InChI=1S/C12H16ClN5S/c1-4-8-5-15-11(19-8)7(2)17-10-9(13)6-16-12(14-3)18-10/h5-7H,4H2,1-3H3,(H2,14,16,17,18). The largest absolute Gasteiger partial charge is 0.360 e. The summed E-state index contributed by atoms with van der Waals surface area (Å²) in [5.74, 6) is 1.15. The zero-order valence-electron chi connectivity index (χ0n) is 11.1. The number of anilines is 2. The van der Waals surface area contributed by atoms with Gasteiger partial charge in [-0.3, -0.25) is 0 Å². The van der Waals surface area contributed by atoms with Gasteiger partial charge in [-0.25, -0.2) is 9.97 Å². The normalized spacial score (nSPS) is 12.2. The third kappa shape index (κ3) is 3.33. The van der Waals surface area contributed by atoms with Crippen molar-refractivity contribution in [2.75, 3.05) is 17.7 Å². The molecule has 0 amide bonds. The summed E-state index contributed by atoms with van der Waals surface area (Å²) >= 11 is 7.79. The second-order valence-corrected chi connectivity index (χ2v) is 5.58. The van der Waals surface area contributed by atoms with Gasteiger partial charge < -0.3 is 10.6 Å². The fourth-order valence-electron chi connectivity index (χ4n) is 1.54. The molecule has 2 rings (SSSR count). The molecule has 19 heavy (non-hydrogen) atoms. The average Bonchev–Trinajstić information content (AvgIpc) is 2.90. The van der Waals surface area contributed by atoms with Crippen LogP contribution in [0.3, 0.4) is 0 Å². The van der Waals surface area contributed by atoms with Gasteiger partial charge in [0.2, 0.25) is 5.95 Å². The molecular formula is C12H16ClN5S. The second-order valence-electron chi connectivity index (χ2n) is 4.02. The first-order chi connectivity index (χ1) is 9.13. The lowest BCUT2D eigenvalue weighted by Gasteiger charge is -2.13. The van der Waals surface area contributed by atoms with E-state index in [-0.39, 0.29) is 6.04 Å². The van der Waals surface area contributed by atoms with Gasteiger partial charge in [0, 0.05) is 18.1 Å². The van der Waals surface area contributed by atoms with Crippen LogP contribution in [0.25, 0.3) is 0 Å². The van der Waals surface area contributed by atoms with E-state index in [0.29, 0.717) is 16.8 Å². The molecule has 0 spiro atoms. The van der Waals surface area contributed by atoms with Crippen LogP contribution in [0.15, 0.2) is 12.4 Å². The molecule has 1 atom stereocenters. The summed E-state index contributed by atoms with van der Waals surface area (Å²) in [6, 6.07) is 0.0578. The molecular weight excluding hydrogens is 282 g/mol. The second kappa shape index (κ2) is 6.16. The number of aryl methyl sites for hydroxylation is 1. The summed E-state index contributed by atoms with van der Waals surface area (Å²) in [7, 11) is 1.77. The van der Waals surface area contributed by atoms with Crippen LogP contribution < -0.4 is 10.6 Å². The van der Waals surface area contributed by atoms with Gasteiger partial charge in [-0.1, -0.05) is 18.5 Å². The van der Waals surface area contributed by atoms with Gasteiger partial charge >= 0.3 is 0 Å². The molecule has 2 aromatic heterocycles. The van der Waals surface area contributed by atoms with Crippen LogP contribution in [0.2, 0.25) is 5.02 Å². The molecule has 0 bridgehead atoms. The van der Waals surface area contributed by atoms with E-state index in [1.165, 1.54) is 4.88 Å². The molecule has 102 valence electrons. The number of hydrogen-bond donors (Lipinski definition) is 2. The van der Waals surface area contributed by atoms with Crippen molar-refractivity contribution in [3.8, 4) is 0 Å². The maximum absolute atomic E-state index is 6.08. The Morgan fingerprint density at radius 2 is 2.16 bits per heavy atom. The summed E-state index contributed by atoms with van der Waals surface area (Å²) in [5.41, 5.74) is 0. The smallest absolute Gasteiger partial charge is 0.224 e. The minimum absolute atomic E-state index is 0.0578. The van der Waals surface area contributed by atoms with Crippen molar-refractivity contribution in [1.82, 2.24) is 15.0 Å². The fraction of sp³-hybridized carbons (Fsp3) is 0.417. The predicted octanol–water partition coefficient (Wildman–Crippen LogP) is 3.36. The number of hydrogen-bond acceptors (Lipinski definition) is 6. The molecule has 0 saturated heterocycles. The molecule has 7 heteroatoms. The summed E-state index contributed by atoms with van der Waals surface area (Å²) in [4.78, 5) is 14.0. The third-order valence-corrected chi connectivity index (χ3v) is 4.21. The van der Waals surface area contributed by atoms with E-state index in [2.05, 4.69) is 32.5 Å². The van der Waals surface area contributed by atoms with Crippen molar-refractivity contribution < 1.29 is 0 Å². The minimum Gasteiger partial charge on any atom is -0.360 e. The highest BCUT2D eigenvalue weighted by Gasteiger charge is 2.13. The molecule has 0 saturated carbocycles. The molecule has 1 unspecified atom stereocenters. The lowest BCUT2D eigenvalue weighted by Crippen LogP contribution is -2.09. The van der Waals surface area contributed by atoms with Gasteiger partial charge in [0.25, 0.3) is 0 Å². The van der Waals surface area contributed by atoms with Gasteiger partial charge in [0.15, 0.2) is 5.82 Å². The highest BCUT2D eigenvalue weighted by molar-refractivity contribution is 7.11. The van der Waals surface area contributed by atoms with E-state index in [4.69, 9.17) is 11.6 Å². The van der Waals surface area contributed by atoms with Crippen LogP contribution in [0.4, 0.5) is 11.8 Å². The first kappa shape index (κ1) is 14.0. The highest BCUT2D eigenvalue weighted by atomic mass is 35.5. The molecule has 0 aliphatic carbocycles. The lowest BCUT2D eigenvalue weighted by molar-refractivity contribution is 0.859. The minimum atomic E-state index is 0.0578. The third-order valence-electron chi connectivity index (χ3n) is 2.61. The number of aromatic nitrogens is 3. The number of nitrogens with zero attached hydrogens (tertiary/aromatic N) is 3. The Labute approximate surface area is 121 Å². The van der Waals surface area contributed by atoms with Gasteiger partial charge in [0.05, 0.1) is 12.2 Å². The van der Waals surface area contributed by atoms with Crippen molar-refractivity contribution in [1.29, 1.82) is 0 Å². The Bertz CT molecular complexity index is 557. The Balaban J connectivity index is 2.15. The van der Waals surface area contributed by atoms with Crippen molar-refractivity contribution in [2.24, 2.45) is 0 Å². The maximum atomic E-state index is 6.08. The first-order valence-electron chi connectivity index (χ1n) is 6.05. The van der Waals surface area contributed by atoms with Crippen molar-refractivity contribution in [2.45, 2.75) is 26.3 Å². The van der Waals surface area contributed by atoms with E-state index in [0.717, 1.165) is 11.4 Å². The zero-order chi connectivity index (χ0) is 13.8. The number of rotatable bonds is 5. The molecule has 0 fully saturated rings. The van der Waals surface area contributed by atoms with Gasteiger partial charge in [-0.15, -0.1) is 11.3 Å². The van der Waals surface area contributed by atoms with Gasteiger partial charge in [-0.05, 0) is 13.3 Å². The van der Waals surface area contributed by atoms with Crippen molar-refractivity contribution in [3.05, 3.63) is 27.3 Å². The van der Waals surface area contributed by atoms with E-state index >= 15 is 0 Å². The molecule has 0 aromatic carbocycles. The van der Waals surface area contributed by atoms with Crippen LogP contribution in [0.5, 0.6) is 0 Å². The molecule has 2 heterocycles. The van der Waals surface area contributed by atoms with Crippen LogP contribution in [0, 0.1) is 0 Å². The molecule has 0 radical (unpaired) electrons. The summed E-state index contributed by atoms with van der Waals surface area (Å²) in [5, 5.41) is 7.67. The van der Waals surface area contributed by atoms with E-state index in [1.54, 1.807) is 24.6 Å². The van der Waals surface area contributed by atoms with Crippen molar-refractivity contribution in [3.63, 3.8) is 0 Å². The average molecular weight is 298 g/mol. The summed E-state index contributed by atoms with van der Waals surface area (Å²) < 4.78 is 0.